The molecule has 0 radical (unpaired) electrons. The van der Waals surface area contributed by atoms with Crippen molar-refractivity contribution < 1.29 is 9.53 Å². The van der Waals surface area contributed by atoms with Gasteiger partial charge in [-0.2, -0.15) is 0 Å². The van der Waals surface area contributed by atoms with Crippen LogP contribution >= 0.6 is 0 Å². The van der Waals surface area contributed by atoms with E-state index in [4.69, 9.17) is 4.74 Å². The second kappa shape index (κ2) is 3.70. The topological polar surface area (TPSA) is 26.3 Å². The number of rotatable bonds is 2. The number of carbonyl (C=O) groups excluding carboxylic acids is 1. The maximum absolute atomic E-state index is 12.0. The molecule has 2 aromatic carbocycles. The number of fused-ring (bicyclic) bond motifs is 1. The Kier molecular flexibility index (Phi) is 2.10. The SMILES string of the molecule is O=C1OC[C@]2(c3ccccc3)C1[C@H]2c1ccccc1. The zero-order valence-electron chi connectivity index (χ0n) is 10.5. The van der Waals surface area contributed by atoms with Gasteiger partial charge < -0.3 is 4.74 Å². The van der Waals surface area contributed by atoms with Crippen molar-refractivity contribution in [1.29, 1.82) is 0 Å². The van der Waals surface area contributed by atoms with E-state index in [0.717, 1.165) is 0 Å². The lowest BCUT2D eigenvalue weighted by atomic mass is 9.91. The zero-order chi connectivity index (χ0) is 12.9. The minimum Gasteiger partial charge on any atom is -0.464 e. The van der Waals surface area contributed by atoms with Crippen LogP contribution in [0.15, 0.2) is 60.7 Å². The van der Waals surface area contributed by atoms with Crippen LogP contribution in [-0.4, -0.2) is 12.6 Å². The summed E-state index contributed by atoms with van der Waals surface area (Å²) in [6.45, 7) is 0.514. The third kappa shape index (κ3) is 1.34. The van der Waals surface area contributed by atoms with Gasteiger partial charge in [0.25, 0.3) is 0 Å². The number of ether oxygens (including phenoxy) is 1. The van der Waals surface area contributed by atoms with Crippen LogP contribution in [0.3, 0.4) is 0 Å². The lowest BCUT2D eigenvalue weighted by Crippen LogP contribution is -2.14. The summed E-state index contributed by atoms with van der Waals surface area (Å²) in [5.74, 6) is 0.229. The maximum Gasteiger partial charge on any atom is 0.310 e. The average Bonchev–Trinajstić information content (AvgIpc) is 3.06. The number of cyclic esters (lactones) is 1. The highest BCUT2D eigenvalue weighted by molar-refractivity contribution is 5.85. The van der Waals surface area contributed by atoms with Gasteiger partial charge in [0.1, 0.15) is 6.61 Å². The highest BCUT2D eigenvalue weighted by Crippen LogP contribution is 2.69. The van der Waals surface area contributed by atoms with Gasteiger partial charge in [0.05, 0.1) is 11.3 Å². The van der Waals surface area contributed by atoms with E-state index in [0.29, 0.717) is 6.61 Å². The van der Waals surface area contributed by atoms with Gasteiger partial charge in [0, 0.05) is 5.92 Å². The molecule has 0 spiro atoms. The molecule has 0 bridgehead atoms. The van der Waals surface area contributed by atoms with Crippen LogP contribution in [0.25, 0.3) is 0 Å². The summed E-state index contributed by atoms with van der Waals surface area (Å²) in [6.07, 6.45) is 0. The van der Waals surface area contributed by atoms with E-state index in [2.05, 4.69) is 24.3 Å². The van der Waals surface area contributed by atoms with E-state index in [1.165, 1.54) is 11.1 Å². The van der Waals surface area contributed by atoms with E-state index in [1.54, 1.807) is 0 Å². The Morgan fingerprint density at radius 1 is 0.895 bits per heavy atom. The van der Waals surface area contributed by atoms with Crippen molar-refractivity contribution >= 4 is 5.97 Å². The fourth-order valence-electron chi connectivity index (χ4n) is 3.59. The Balaban J connectivity index is 1.81. The molecule has 1 aliphatic carbocycles. The summed E-state index contributed by atoms with van der Waals surface area (Å²) in [7, 11) is 0. The summed E-state index contributed by atoms with van der Waals surface area (Å²) in [4.78, 5) is 12.0. The number of carbonyl (C=O) groups is 1. The second-order valence-corrected chi connectivity index (χ2v) is 5.38. The number of hydrogen-bond acceptors (Lipinski definition) is 2. The van der Waals surface area contributed by atoms with E-state index in [-0.39, 0.29) is 23.2 Å². The van der Waals surface area contributed by atoms with Crippen LogP contribution in [0.4, 0.5) is 0 Å². The Bertz CT molecular complexity index is 620. The highest BCUT2D eigenvalue weighted by atomic mass is 16.5. The van der Waals surface area contributed by atoms with Crippen LogP contribution in [-0.2, 0) is 14.9 Å². The molecule has 4 rings (SSSR count). The Hall–Kier alpha value is -2.09. The molecule has 1 saturated heterocycles. The minimum absolute atomic E-state index is 0.00250. The number of benzene rings is 2. The monoisotopic (exact) mass is 250 g/mol. The first-order valence-electron chi connectivity index (χ1n) is 6.61. The fraction of sp³-hybridized carbons (Fsp3) is 0.235. The third-order valence-electron chi connectivity index (χ3n) is 4.51. The summed E-state index contributed by atoms with van der Waals surface area (Å²) < 4.78 is 5.29. The molecule has 94 valence electrons. The molecule has 0 N–H and O–H groups in total. The first kappa shape index (κ1) is 10.8. The van der Waals surface area contributed by atoms with Gasteiger partial charge in [-0.1, -0.05) is 60.7 Å². The summed E-state index contributed by atoms with van der Waals surface area (Å²) in [5.41, 5.74) is 2.34. The van der Waals surface area contributed by atoms with E-state index < -0.39 is 0 Å². The van der Waals surface area contributed by atoms with Crippen molar-refractivity contribution in [2.45, 2.75) is 11.3 Å². The molecule has 1 aliphatic heterocycles. The molecule has 2 nitrogen and oxygen atoms in total. The highest BCUT2D eigenvalue weighted by Gasteiger charge is 2.74. The fourth-order valence-corrected chi connectivity index (χ4v) is 3.59. The van der Waals surface area contributed by atoms with Gasteiger partial charge in [-0.3, -0.25) is 4.79 Å². The molecule has 1 heterocycles. The molecule has 0 amide bonds. The molecule has 0 aromatic heterocycles. The van der Waals surface area contributed by atoms with Crippen molar-refractivity contribution in [1.82, 2.24) is 0 Å². The molecule has 2 heteroatoms. The number of hydrogen-bond donors (Lipinski definition) is 0. The van der Waals surface area contributed by atoms with Crippen molar-refractivity contribution in [3.63, 3.8) is 0 Å². The molecule has 2 aromatic rings. The van der Waals surface area contributed by atoms with Crippen LogP contribution in [0, 0.1) is 5.92 Å². The predicted octanol–water partition coefficient (Wildman–Crippen LogP) is 2.89. The van der Waals surface area contributed by atoms with Gasteiger partial charge in [-0.15, -0.1) is 0 Å². The first-order chi connectivity index (χ1) is 9.34. The Labute approximate surface area is 112 Å². The molecule has 19 heavy (non-hydrogen) atoms. The van der Waals surface area contributed by atoms with Crippen molar-refractivity contribution in [3.8, 4) is 0 Å². The predicted molar refractivity (Wildman–Crippen MR) is 71.8 cm³/mol. The smallest absolute Gasteiger partial charge is 0.310 e. The lowest BCUT2D eigenvalue weighted by molar-refractivity contribution is -0.141. The normalized spacial score (nSPS) is 31.7. The van der Waals surface area contributed by atoms with Crippen LogP contribution in [0.5, 0.6) is 0 Å². The standard InChI is InChI=1S/C17H14O2/c18-16-15-14(12-7-3-1-4-8-12)17(15,11-19-16)13-9-5-2-6-10-13/h1-10,14-15H,11H2/t14-,15?,17-/m1/s1. The Morgan fingerprint density at radius 2 is 1.53 bits per heavy atom. The maximum atomic E-state index is 12.0. The molecule has 1 unspecified atom stereocenters. The molecular weight excluding hydrogens is 236 g/mol. The van der Waals surface area contributed by atoms with Gasteiger partial charge >= 0.3 is 5.97 Å². The van der Waals surface area contributed by atoms with E-state index >= 15 is 0 Å². The quantitative estimate of drug-likeness (QED) is 0.766. The largest absolute Gasteiger partial charge is 0.464 e. The second-order valence-electron chi connectivity index (χ2n) is 5.38. The van der Waals surface area contributed by atoms with Crippen LogP contribution in [0.2, 0.25) is 0 Å². The molecular formula is C17H14O2. The zero-order valence-corrected chi connectivity index (χ0v) is 10.5. The van der Waals surface area contributed by atoms with Gasteiger partial charge in [-0.25, -0.2) is 0 Å². The minimum atomic E-state index is -0.125. The third-order valence-corrected chi connectivity index (χ3v) is 4.51. The van der Waals surface area contributed by atoms with E-state index in [1.807, 2.05) is 36.4 Å². The Morgan fingerprint density at radius 3 is 2.21 bits per heavy atom. The van der Waals surface area contributed by atoms with Crippen LogP contribution < -0.4 is 0 Å². The van der Waals surface area contributed by atoms with Crippen LogP contribution in [0.1, 0.15) is 17.0 Å². The van der Waals surface area contributed by atoms with Gasteiger partial charge in [0.2, 0.25) is 0 Å². The molecule has 1 saturated carbocycles. The summed E-state index contributed by atoms with van der Waals surface area (Å²) in [6, 6.07) is 20.6. The number of esters is 1. The van der Waals surface area contributed by atoms with Gasteiger partial charge in [-0.05, 0) is 11.1 Å². The summed E-state index contributed by atoms with van der Waals surface area (Å²) >= 11 is 0. The average molecular weight is 250 g/mol. The lowest BCUT2D eigenvalue weighted by Gasteiger charge is -2.15. The van der Waals surface area contributed by atoms with Gasteiger partial charge in [0.15, 0.2) is 0 Å². The molecule has 2 aliphatic rings. The van der Waals surface area contributed by atoms with E-state index in [9.17, 15) is 4.79 Å². The molecule has 2 fully saturated rings. The van der Waals surface area contributed by atoms with Crippen molar-refractivity contribution in [2.24, 2.45) is 5.92 Å². The summed E-state index contributed by atoms with van der Waals surface area (Å²) in [5, 5.41) is 0. The first-order valence-corrected chi connectivity index (χ1v) is 6.61. The van der Waals surface area contributed by atoms with Crippen molar-refractivity contribution in [3.05, 3.63) is 71.8 Å². The molecule has 3 atom stereocenters. The van der Waals surface area contributed by atoms with Crippen molar-refractivity contribution in [2.75, 3.05) is 6.61 Å².